The lowest BCUT2D eigenvalue weighted by atomic mass is 9.98. The summed E-state index contributed by atoms with van der Waals surface area (Å²) < 4.78 is 10.3. The zero-order chi connectivity index (χ0) is 44.5. The summed E-state index contributed by atoms with van der Waals surface area (Å²) in [6.45, 7) is 0. The van der Waals surface area contributed by atoms with Crippen LogP contribution in [0.4, 0.5) is 0 Å². The molecule has 0 aliphatic carbocycles. The summed E-state index contributed by atoms with van der Waals surface area (Å²) >= 11 is 3.78. The fourth-order valence-electron chi connectivity index (χ4n) is 11.3. The average molecular weight is 899 g/mol. The maximum Gasteiger partial charge on any atom is 0.0640 e. The van der Waals surface area contributed by atoms with Crippen molar-refractivity contribution in [2.24, 2.45) is 0 Å². The molecule has 2 nitrogen and oxygen atoms in total. The minimum atomic E-state index is 1.17. The van der Waals surface area contributed by atoms with Gasteiger partial charge in [-0.1, -0.05) is 164 Å². The molecule has 0 unspecified atom stereocenters. The van der Waals surface area contributed by atoms with Gasteiger partial charge in [0.05, 0.1) is 38.1 Å². The summed E-state index contributed by atoms with van der Waals surface area (Å²) in [5.41, 5.74) is 14.5. The number of aromatic nitrogens is 2. The van der Waals surface area contributed by atoms with Crippen molar-refractivity contribution in [1.29, 1.82) is 0 Å². The van der Waals surface area contributed by atoms with E-state index in [1.165, 1.54) is 139 Å². The number of benzene rings is 11. The van der Waals surface area contributed by atoms with Gasteiger partial charge in [0.2, 0.25) is 0 Å². The molecule has 0 atom stereocenters. The topological polar surface area (TPSA) is 9.86 Å². The largest absolute Gasteiger partial charge is 0.309 e. The van der Waals surface area contributed by atoms with Crippen molar-refractivity contribution in [2.75, 3.05) is 0 Å². The zero-order valence-electron chi connectivity index (χ0n) is 36.7. The molecule has 0 saturated heterocycles. The molecule has 4 heteroatoms. The maximum atomic E-state index is 2.52. The highest BCUT2D eigenvalue weighted by molar-refractivity contribution is 7.26. The van der Waals surface area contributed by atoms with E-state index < -0.39 is 0 Å². The number of thiophene rings is 2. The standard InChI is InChI=1S/C64H38N2S2/c1-2-14-39(15-3-1)44-17-6-9-24-54(44)65-57-33-30-42(37-53(57)62-45-18-5-4-16-40(45)28-35-58(62)65)41-29-32-55-51(36-41)52-38-43(46-21-12-22-49-47-19-7-10-26-60(47)67-63(46)49)31-34-56(52)66(55)59-25-13-23-50-48-20-8-11-27-61(48)68-64(50)59/h1-38H. The summed E-state index contributed by atoms with van der Waals surface area (Å²) in [6, 6.07) is 85.7. The van der Waals surface area contributed by atoms with Crippen LogP contribution in [0.15, 0.2) is 231 Å². The van der Waals surface area contributed by atoms with E-state index >= 15 is 0 Å². The molecule has 0 N–H and O–H groups in total. The van der Waals surface area contributed by atoms with E-state index in [0.717, 1.165) is 0 Å². The van der Waals surface area contributed by atoms with Gasteiger partial charge >= 0.3 is 0 Å². The Balaban J connectivity index is 0.985. The fourth-order valence-corrected chi connectivity index (χ4v) is 13.7. The third kappa shape index (κ3) is 5.50. The molecule has 15 rings (SSSR count). The number of rotatable bonds is 5. The second kappa shape index (κ2) is 14.6. The second-order valence-corrected chi connectivity index (χ2v) is 20.1. The van der Waals surface area contributed by atoms with Crippen LogP contribution in [0.3, 0.4) is 0 Å². The minimum absolute atomic E-state index is 1.17. The Morgan fingerprint density at radius 3 is 1.53 bits per heavy atom. The molecule has 68 heavy (non-hydrogen) atoms. The second-order valence-electron chi connectivity index (χ2n) is 18.0. The van der Waals surface area contributed by atoms with Crippen LogP contribution in [0.5, 0.6) is 0 Å². The normalized spacial score (nSPS) is 12.1. The summed E-state index contributed by atoms with van der Waals surface area (Å²) in [6.07, 6.45) is 0. The number of fused-ring (bicyclic) bond motifs is 14. The molecule has 15 aromatic rings. The first-order chi connectivity index (χ1) is 33.7. The average Bonchev–Trinajstić information content (AvgIpc) is 4.16. The summed E-state index contributed by atoms with van der Waals surface area (Å²) in [5.74, 6) is 0. The van der Waals surface area contributed by atoms with Crippen molar-refractivity contribution in [3.8, 4) is 44.8 Å². The molecule has 11 aromatic carbocycles. The highest BCUT2D eigenvalue weighted by Gasteiger charge is 2.21. The predicted molar refractivity (Wildman–Crippen MR) is 295 cm³/mol. The van der Waals surface area contributed by atoms with E-state index in [2.05, 4.69) is 240 Å². The Labute approximate surface area is 399 Å². The third-order valence-electron chi connectivity index (χ3n) is 14.3. The SMILES string of the molecule is c1ccc(-c2ccccc2-n2c3ccc(-c4ccc5c(c4)c4cc(-c6cccc7c6sc6ccccc67)ccc4n5-c4cccc5c4sc4ccccc45)cc3c3c4ccccc4ccc32)cc1. The number of hydrogen-bond donors (Lipinski definition) is 0. The van der Waals surface area contributed by atoms with Crippen LogP contribution < -0.4 is 0 Å². The van der Waals surface area contributed by atoms with Crippen LogP contribution in [0.1, 0.15) is 0 Å². The number of para-hydroxylation sites is 1. The summed E-state index contributed by atoms with van der Waals surface area (Å²) in [5, 5.41) is 12.8. The van der Waals surface area contributed by atoms with Gasteiger partial charge in [0.25, 0.3) is 0 Å². The molecule has 0 amide bonds. The van der Waals surface area contributed by atoms with E-state index in [-0.39, 0.29) is 0 Å². The van der Waals surface area contributed by atoms with Crippen molar-refractivity contribution in [3.05, 3.63) is 231 Å². The Morgan fingerprint density at radius 2 is 0.765 bits per heavy atom. The van der Waals surface area contributed by atoms with Gasteiger partial charge < -0.3 is 9.13 Å². The minimum Gasteiger partial charge on any atom is -0.309 e. The van der Waals surface area contributed by atoms with E-state index in [4.69, 9.17) is 0 Å². The van der Waals surface area contributed by atoms with Crippen LogP contribution in [-0.2, 0) is 0 Å². The Hall–Kier alpha value is -8.28. The van der Waals surface area contributed by atoms with Crippen molar-refractivity contribution < 1.29 is 0 Å². The van der Waals surface area contributed by atoms with Gasteiger partial charge in [-0.2, -0.15) is 0 Å². The molecule has 0 bridgehead atoms. The van der Waals surface area contributed by atoms with Gasteiger partial charge in [0, 0.05) is 62.8 Å². The lowest BCUT2D eigenvalue weighted by Gasteiger charge is -2.14. The van der Waals surface area contributed by atoms with E-state index in [9.17, 15) is 0 Å². The van der Waals surface area contributed by atoms with E-state index in [1.807, 2.05) is 22.7 Å². The molecular formula is C64H38N2S2. The first kappa shape index (κ1) is 37.9. The van der Waals surface area contributed by atoms with E-state index in [0.29, 0.717) is 0 Å². The smallest absolute Gasteiger partial charge is 0.0640 e. The van der Waals surface area contributed by atoms with Crippen molar-refractivity contribution in [2.45, 2.75) is 0 Å². The van der Waals surface area contributed by atoms with Gasteiger partial charge in [0.1, 0.15) is 0 Å². The molecule has 0 radical (unpaired) electrons. The van der Waals surface area contributed by atoms with Crippen LogP contribution >= 0.6 is 22.7 Å². The molecule has 0 saturated carbocycles. The van der Waals surface area contributed by atoms with Crippen molar-refractivity contribution in [1.82, 2.24) is 9.13 Å². The fraction of sp³-hybridized carbons (Fsp3) is 0. The van der Waals surface area contributed by atoms with E-state index in [1.54, 1.807) is 0 Å². The summed E-state index contributed by atoms with van der Waals surface area (Å²) in [4.78, 5) is 0. The van der Waals surface area contributed by atoms with Gasteiger partial charge in [-0.05, 0) is 105 Å². The van der Waals surface area contributed by atoms with Gasteiger partial charge in [0.15, 0.2) is 0 Å². The maximum absolute atomic E-state index is 2.52. The highest BCUT2D eigenvalue weighted by Crippen LogP contribution is 2.46. The Bertz CT molecular complexity index is 4560. The first-order valence-electron chi connectivity index (χ1n) is 23.2. The molecule has 0 aliphatic heterocycles. The molecule has 0 aliphatic rings. The van der Waals surface area contributed by atoms with Crippen LogP contribution in [0.25, 0.3) is 139 Å². The molecule has 4 aromatic heterocycles. The number of hydrogen-bond acceptors (Lipinski definition) is 2. The zero-order valence-corrected chi connectivity index (χ0v) is 38.3. The van der Waals surface area contributed by atoms with Crippen LogP contribution in [0.2, 0.25) is 0 Å². The van der Waals surface area contributed by atoms with Crippen molar-refractivity contribution in [3.63, 3.8) is 0 Å². The molecule has 316 valence electrons. The van der Waals surface area contributed by atoms with Crippen molar-refractivity contribution >= 4 is 117 Å². The molecule has 4 heterocycles. The Morgan fingerprint density at radius 1 is 0.265 bits per heavy atom. The predicted octanol–water partition coefficient (Wildman–Crippen LogP) is 18.8. The lowest BCUT2D eigenvalue weighted by Crippen LogP contribution is -1.97. The first-order valence-corrected chi connectivity index (χ1v) is 24.9. The molecular weight excluding hydrogens is 861 g/mol. The molecule has 0 fully saturated rings. The highest BCUT2D eigenvalue weighted by atomic mass is 32.1. The van der Waals surface area contributed by atoms with Gasteiger partial charge in [-0.3, -0.25) is 0 Å². The van der Waals surface area contributed by atoms with Crippen LogP contribution in [0, 0.1) is 0 Å². The third-order valence-corrected chi connectivity index (χ3v) is 16.8. The number of nitrogens with zero attached hydrogens (tertiary/aromatic N) is 2. The lowest BCUT2D eigenvalue weighted by molar-refractivity contribution is 1.18. The monoisotopic (exact) mass is 898 g/mol. The Kier molecular flexibility index (Phi) is 8.14. The van der Waals surface area contributed by atoms with Gasteiger partial charge in [-0.15, -0.1) is 22.7 Å². The van der Waals surface area contributed by atoms with Crippen LogP contribution in [-0.4, -0.2) is 9.13 Å². The van der Waals surface area contributed by atoms with Gasteiger partial charge in [-0.25, -0.2) is 0 Å². The summed E-state index contributed by atoms with van der Waals surface area (Å²) in [7, 11) is 0. The molecule has 0 spiro atoms. The quantitative estimate of drug-likeness (QED) is 0.163.